The summed E-state index contributed by atoms with van der Waals surface area (Å²) in [5.74, 6) is -1.13. The van der Waals surface area contributed by atoms with E-state index in [2.05, 4.69) is 0 Å². The second kappa shape index (κ2) is 7.60. The van der Waals surface area contributed by atoms with Crippen LogP contribution in [0.1, 0.15) is 13.8 Å². The lowest BCUT2D eigenvalue weighted by Crippen LogP contribution is -2.48. The topological polar surface area (TPSA) is 81.2 Å². The van der Waals surface area contributed by atoms with Crippen LogP contribution in [0.5, 0.6) is 0 Å². The van der Waals surface area contributed by atoms with Crippen LogP contribution in [0, 0.1) is 5.92 Å². The Balaban J connectivity index is 4.68. The first-order chi connectivity index (χ1) is 8.65. The van der Waals surface area contributed by atoms with Crippen molar-refractivity contribution in [3.8, 4) is 0 Å². The second-order valence-electron chi connectivity index (χ2n) is 5.09. The van der Waals surface area contributed by atoms with E-state index < -0.39 is 12.0 Å². The van der Waals surface area contributed by atoms with Crippen LogP contribution in [-0.2, 0) is 9.59 Å². The fourth-order valence-electron chi connectivity index (χ4n) is 1.47. The molecule has 110 valence electrons. The predicted octanol–water partition coefficient (Wildman–Crippen LogP) is 0.169. The summed E-state index contributed by atoms with van der Waals surface area (Å²) in [7, 11) is 4.69. The molecule has 7 nitrogen and oxygen atoms in total. The van der Waals surface area contributed by atoms with Crippen LogP contribution in [0.15, 0.2) is 0 Å². The van der Waals surface area contributed by atoms with Gasteiger partial charge in [0.15, 0.2) is 0 Å². The Kier molecular flexibility index (Phi) is 6.89. The van der Waals surface area contributed by atoms with Gasteiger partial charge in [-0.1, -0.05) is 13.8 Å². The first-order valence-corrected chi connectivity index (χ1v) is 6.07. The molecule has 1 N–H and O–H groups in total. The third-order valence-corrected chi connectivity index (χ3v) is 2.38. The second-order valence-corrected chi connectivity index (χ2v) is 5.09. The molecule has 0 bridgehead atoms. The highest BCUT2D eigenvalue weighted by molar-refractivity contribution is 5.85. The fourth-order valence-corrected chi connectivity index (χ4v) is 1.47. The van der Waals surface area contributed by atoms with E-state index in [4.69, 9.17) is 5.11 Å². The number of amides is 3. The molecule has 0 rings (SSSR count). The van der Waals surface area contributed by atoms with E-state index in [1.807, 2.05) is 13.8 Å². The number of rotatable bonds is 6. The normalized spacial score (nSPS) is 10.2. The minimum Gasteiger partial charge on any atom is -0.480 e. The van der Waals surface area contributed by atoms with Crippen LogP contribution < -0.4 is 0 Å². The van der Waals surface area contributed by atoms with Crippen molar-refractivity contribution < 1.29 is 19.5 Å². The minimum absolute atomic E-state index is 0.0694. The molecule has 0 heterocycles. The number of hydrogen-bond donors (Lipinski definition) is 1. The van der Waals surface area contributed by atoms with Crippen molar-refractivity contribution in [2.75, 3.05) is 40.8 Å². The highest BCUT2D eigenvalue weighted by Gasteiger charge is 2.23. The lowest BCUT2D eigenvalue weighted by atomic mass is 10.2. The molecular formula is C12H23N3O4. The van der Waals surface area contributed by atoms with Crippen LogP contribution in [-0.4, -0.2) is 78.5 Å². The third-order valence-electron chi connectivity index (χ3n) is 2.38. The molecule has 0 radical (unpaired) electrons. The first-order valence-electron chi connectivity index (χ1n) is 6.07. The summed E-state index contributed by atoms with van der Waals surface area (Å²) in [5.41, 5.74) is 0. The van der Waals surface area contributed by atoms with Crippen LogP contribution in [0.25, 0.3) is 0 Å². The molecule has 3 amide bonds. The highest BCUT2D eigenvalue weighted by Crippen LogP contribution is 2.03. The van der Waals surface area contributed by atoms with Crippen molar-refractivity contribution in [2.45, 2.75) is 13.8 Å². The molecule has 0 aliphatic rings. The van der Waals surface area contributed by atoms with Gasteiger partial charge in [-0.15, -0.1) is 0 Å². The Morgan fingerprint density at radius 2 is 1.58 bits per heavy atom. The van der Waals surface area contributed by atoms with Crippen LogP contribution in [0.4, 0.5) is 4.79 Å². The molecule has 0 atom stereocenters. The van der Waals surface area contributed by atoms with Gasteiger partial charge in [0, 0.05) is 27.7 Å². The molecule has 0 fully saturated rings. The fraction of sp³-hybridized carbons (Fsp3) is 0.750. The Morgan fingerprint density at radius 3 is 1.95 bits per heavy atom. The van der Waals surface area contributed by atoms with Gasteiger partial charge in [0.1, 0.15) is 13.1 Å². The number of hydrogen-bond acceptors (Lipinski definition) is 3. The van der Waals surface area contributed by atoms with Gasteiger partial charge in [0.05, 0.1) is 0 Å². The van der Waals surface area contributed by atoms with Crippen LogP contribution >= 0.6 is 0 Å². The van der Waals surface area contributed by atoms with Gasteiger partial charge in [-0.05, 0) is 5.92 Å². The SMILES string of the molecule is CC(C)CN(CC(=O)O)C(=O)N(C)CC(=O)N(C)C. The Labute approximate surface area is 113 Å². The van der Waals surface area contributed by atoms with Crippen molar-refractivity contribution in [3.05, 3.63) is 0 Å². The lowest BCUT2D eigenvalue weighted by molar-refractivity contribution is -0.137. The van der Waals surface area contributed by atoms with Crippen LogP contribution in [0.2, 0.25) is 0 Å². The number of nitrogens with zero attached hydrogens (tertiary/aromatic N) is 3. The van der Waals surface area contributed by atoms with E-state index >= 15 is 0 Å². The maximum absolute atomic E-state index is 12.1. The van der Waals surface area contributed by atoms with Gasteiger partial charge in [0.2, 0.25) is 5.91 Å². The van der Waals surface area contributed by atoms with Gasteiger partial charge in [-0.3, -0.25) is 9.59 Å². The smallest absolute Gasteiger partial charge is 0.323 e. The molecule has 0 spiro atoms. The highest BCUT2D eigenvalue weighted by atomic mass is 16.4. The van der Waals surface area contributed by atoms with E-state index in [9.17, 15) is 14.4 Å². The van der Waals surface area contributed by atoms with Crippen molar-refractivity contribution >= 4 is 17.9 Å². The molecule has 0 aromatic carbocycles. The number of likely N-dealkylation sites (N-methyl/N-ethyl adjacent to an activating group) is 2. The van der Waals surface area contributed by atoms with E-state index in [0.717, 1.165) is 0 Å². The van der Waals surface area contributed by atoms with Gasteiger partial charge >= 0.3 is 12.0 Å². The van der Waals surface area contributed by atoms with E-state index in [1.165, 1.54) is 21.7 Å². The van der Waals surface area contributed by atoms with E-state index in [1.54, 1.807) is 14.1 Å². The average molecular weight is 273 g/mol. The minimum atomic E-state index is -1.07. The standard InChI is InChI=1S/C12H23N3O4/c1-9(2)6-15(8-11(17)18)12(19)14(5)7-10(16)13(3)4/h9H,6-8H2,1-5H3,(H,17,18). The molecule has 0 aliphatic carbocycles. The molecule has 19 heavy (non-hydrogen) atoms. The molecule has 0 aromatic rings. The molecule has 0 aliphatic heterocycles. The van der Waals surface area contributed by atoms with Crippen LogP contribution in [0.3, 0.4) is 0 Å². The molecule has 0 aromatic heterocycles. The Bertz CT molecular complexity index is 342. The average Bonchev–Trinajstić information content (AvgIpc) is 2.25. The number of carbonyl (C=O) groups is 3. The summed E-state index contributed by atoms with van der Waals surface area (Å²) >= 11 is 0. The van der Waals surface area contributed by atoms with Crippen molar-refractivity contribution in [1.29, 1.82) is 0 Å². The number of aliphatic carboxylic acids is 1. The summed E-state index contributed by atoms with van der Waals surface area (Å²) in [6, 6.07) is -0.452. The monoisotopic (exact) mass is 273 g/mol. The largest absolute Gasteiger partial charge is 0.480 e. The molecule has 0 saturated heterocycles. The lowest BCUT2D eigenvalue weighted by Gasteiger charge is -2.28. The van der Waals surface area contributed by atoms with Crippen molar-refractivity contribution in [1.82, 2.24) is 14.7 Å². The Morgan fingerprint density at radius 1 is 1.05 bits per heavy atom. The summed E-state index contributed by atoms with van der Waals surface area (Å²) in [5, 5.41) is 8.81. The van der Waals surface area contributed by atoms with Crippen molar-refractivity contribution in [3.63, 3.8) is 0 Å². The third kappa shape index (κ3) is 6.64. The molecule has 7 heteroatoms. The number of carboxylic acids is 1. The van der Waals surface area contributed by atoms with Gasteiger partial charge in [-0.25, -0.2) is 4.79 Å². The summed E-state index contributed by atoms with van der Waals surface area (Å²) in [6.45, 7) is 3.70. The van der Waals surface area contributed by atoms with E-state index in [0.29, 0.717) is 6.54 Å². The molecule has 0 unspecified atom stereocenters. The zero-order valence-electron chi connectivity index (χ0n) is 12.2. The van der Waals surface area contributed by atoms with E-state index in [-0.39, 0.29) is 24.9 Å². The molecular weight excluding hydrogens is 250 g/mol. The maximum atomic E-state index is 12.1. The number of carboxylic acid groups (broad SMARTS) is 1. The van der Waals surface area contributed by atoms with Gasteiger partial charge in [-0.2, -0.15) is 0 Å². The first kappa shape index (κ1) is 17.2. The Hall–Kier alpha value is -1.79. The van der Waals surface area contributed by atoms with Gasteiger partial charge < -0.3 is 19.8 Å². The predicted molar refractivity (Wildman–Crippen MR) is 70.8 cm³/mol. The quantitative estimate of drug-likeness (QED) is 0.748. The zero-order chi connectivity index (χ0) is 15.2. The molecule has 0 saturated carbocycles. The zero-order valence-corrected chi connectivity index (χ0v) is 12.2. The van der Waals surface area contributed by atoms with Crippen molar-refractivity contribution in [2.24, 2.45) is 5.92 Å². The summed E-state index contributed by atoms with van der Waals surface area (Å²) in [6.07, 6.45) is 0. The summed E-state index contributed by atoms with van der Waals surface area (Å²) in [4.78, 5) is 38.2. The van der Waals surface area contributed by atoms with Gasteiger partial charge in [0.25, 0.3) is 0 Å². The maximum Gasteiger partial charge on any atom is 0.323 e. The number of urea groups is 1. The summed E-state index contributed by atoms with van der Waals surface area (Å²) < 4.78 is 0. The number of carbonyl (C=O) groups excluding carboxylic acids is 2.